The second-order valence-electron chi connectivity index (χ2n) is 2.39. The Hall–Kier alpha value is -0.550. The van der Waals surface area contributed by atoms with Crippen molar-refractivity contribution in [1.29, 1.82) is 5.26 Å². The molecule has 1 atom stereocenters. The monoisotopic (exact) mass is 126 g/mol. The quantitative estimate of drug-likeness (QED) is 0.566. The normalized spacial score (nSPS) is 13.2. The maximum Gasteiger partial charge on any atom is 0.0666 e. The van der Waals surface area contributed by atoms with Crippen LogP contribution < -0.4 is 0 Å². The highest BCUT2D eigenvalue weighted by atomic mass is 15.1. The lowest BCUT2D eigenvalue weighted by molar-refractivity contribution is 0.327. The number of rotatable bonds is 3. The summed E-state index contributed by atoms with van der Waals surface area (Å²) in [5.74, 6) is 0.162. The molecule has 0 aliphatic rings. The van der Waals surface area contributed by atoms with Crippen molar-refractivity contribution >= 4 is 0 Å². The molecule has 0 spiro atoms. The molecule has 2 heteroatoms. The molecule has 52 valence electrons. The van der Waals surface area contributed by atoms with Crippen molar-refractivity contribution in [1.82, 2.24) is 4.90 Å². The Bertz CT molecular complexity index is 104. The van der Waals surface area contributed by atoms with E-state index in [2.05, 4.69) is 17.9 Å². The lowest BCUT2D eigenvalue weighted by Crippen LogP contribution is -2.23. The highest BCUT2D eigenvalue weighted by Crippen LogP contribution is 1.93. The summed E-state index contributed by atoms with van der Waals surface area (Å²) in [5, 5.41) is 8.40. The molecular formula is C7H14N2. The van der Waals surface area contributed by atoms with Crippen LogP contribution in [0.4, 0.5) is 0 Å². The van der Waals surface area contributed by atoms with E-state index in [0.29, 0.717) is 0 Å². The third-order valence-corrected chi connectivity index (χ3v) is 1.35. The molecule has 0 saturated carbocycles. The van der Waals surface area contributed by atoms with Crippen molar-refractivity contribution in [3.8, 4) is 6.07 Å². The predicted octanol–water partition coefficient (Wildman–Crippen LogP) is 1.10. The van der Waals surface area contributed by atoms with Crippen LogP contribution in [0, 0.1) is 17.2 Å². The fraction of sp³-hybridized carbons (Fsp3) is 0.857. The first-order valence-electron chi connectivity index (χ1n) is 3.28. The van der Waals surface area contributed by atoms with Crippen molar-refractivity contribution in [2.24, 2.45) is 5.92 Å². The first-order valence-corrected chi connectivity index (χ1v) is 3.28. The predicted molar refractivity (Wildman–Crippen MR) is 37.9 cm³/mol. The molecule has 0 N–H and O–H groups in total. The van der Waals surface area contributed by atoms with E-state index in [9.17, 15) is 0 Å². The molecule has 0 aliphatic heterocycles. The standard InChI is InChI=1S/C7H14N2/c1-4-9(3)6-7(2)5-8/h7H,4,6H2,1-3H3. The molecule has 0 aliphatic carbocycles. The minimum Gasteiger partial charge on any atom is -0.305 e. The van der Waals surface area contributed by atoms with Gasteiger partial charge in [-0.15, -0.1) is 0 Å². The minimum absolute atomic E-state index is 0.162. The zero-order valence-electron chi connectivity index (χ0n) is 6.39. The van der Waals surface area contributed by atoms with Gasteiger partial charge in [-0.25, -0.2) is 0 Å². The second kappa shape index (κ2) is 4.34. The second-order valence-corrected chi connectivity index (χ2v) is 2.39. The van der Waals surface area contributed by atoms with Gasteiger partial charge in [0.1, 0.15) is 0 Å². The van der Waals surface area contributed by atoms with E-state index in [1.807, 2.05) is 14.0 Å². The maximum atomic E-state index is 8.40. The molecule has 9 heavy (non-hydrogen) atoms. The summed E-state index contributed by atoms with van der Waals surface area (Å²) >= 11 is 0. The molecule has 0 aromatic carbocycles. The summed E-state index contributed by atoms with van der Waals surface area (Å²) in [6, 6.07) is 2.19. The molecule has 1 unspecified atom stereocenters. The molecule has 0 saturated heterocycles. The average molecular weight is 126 g/mol. The van der Waals surface area contributed by atoms with Crippen LogP contribution in [0.5, 0.6) is 0 Å². The van der Waals surface area contributed by atoms with Gasteiger partial charge in [0.25, 0.3) is 0 Å². The van der Waals surface area contributed by atoms with E-state index in [1.54, 1.807) is 0 Å². The van der Waals surface area contributed by atoms with Crippen LogP contribution in [-0.2, 0) is 0 Å². The SMILES string of the molecule is CCN(C)CC(C)C#N. The lowest BCUT2D eigenvalue weighted by atomic mass is 10.2. The number of nitriles is 1. The van der Waals surface area contributed by atoms with E-state index in [-0.39, 0.29) is 5.92 Å². The van der Waals surface area contributed by atoms with Crippen molar-refractivity contribution in [3.63, 3.8) is 0 Å². The Morgan fingerprint density at radius 3 is 2.56 bits per heavy atom. The van der Waals surface area contributed by atoms with Crippen LogP contribution in [0.2, 0.25) is 0 Å². The van der Waals surface area contributed by atoms with Gasteiger partial charge < -0.3 is 4.90 Å². The van der Waals surface area contributed by atoms with Crippen LogP contribution >= 0.6 is 0 Å². The third-order valence-electron chi connectivity index (χ3n) is 1.35. The molecule has 0 aromatic rings. The van der Waals surface area contributed by atoms with Crippen molar-refractivity contribution < 1.29 is 0 Å². The summed E-state index contributed by atoms with van der Waals surface area (Å²) in [6.07, 6.45) is 0. The molecule has 0 amide bonds. The molecule has 0 fully saturated rings. The summed E-state index contributed by atoms with van der Waals surface area (Å²) in [4.78, 5) is 2.13. The molecule has 0 radical (unpaired) electrons. The topological polar surface area (TPSA) is 27.0 Å². The third kappa shape index (κ3) is 3.99. The summed E-state index contributed by atoms with van der Waals surface area (Å²) < 4.78 is 0. The number of hydrogen-bond donors (Lipinski definition) is 0. The van der Waals surface area contributed by atoms with Crippen molar-refractivity contribution in [2.75, 3.05) is 20.1 Å². The first kappa shape index (κ1) is 8.45. The van der Waals surface area contributed by atoms with E-state index in [0.717, 1.165) is 13.1 Å². The molecule has 0 rings (SSSR count). The van der Waals surface area contributed by atoms with Gasteiger partial charge in [0.15, 0.2) is 0 Å². The van der Waals surface area contributed by atoms with Gasteiger partial charge in [-0.2, -0.15) is 5.26 Å². The van der Waals surface area contributed by atoms with Gasteiger partial charge in [-0.1, -0.05) is 6.92 Å². The Kier molecular flexibility index (Phi) is 4.08. The van der Waals surface area contributed by atoms with Crippen LogP contribution in [0.15, 0.2) is 0 Å². The minimum atomic E-state index is 0.162. The van der Waals surface area contributed by atoms with Crippen LogP contribution in [0.25, 0.3) is 0 Å². The Balaban J connectivity index is 3.37. The smallest absolute Gasteiger partial charge is 0.0666 e. The maximum absolute atomic E-state index is 8.40. The molecule has 0 bridgehead atoms. The Labute approximate surface area is 57.1 Å². The van der Waals surface area contributed by atoms with E-state index < -0.39 is 0 Å². The van der Waals surface area contributed by atoms with Crippen LogP contribution in [0.3, 0.4) is 0 Å². The van der Waals surface area contributed by atoms with Gasteiger partial charge in [-0.05, 0) is 20.5 Å². The van der Waals surface area contributed by atoms with Gasteiger partial charge >= 0.3 is 0 Å². The summed E-state index contributed by atoms with van der Waals surface area (Å²) in [5.41, 5.74) is 0. The zero-order chi connectivity index (χ0) is 7.28. The fourth-order valence-corrected chi connectivity index (χ4v) is 0.637. The number of nitrogens with zero attached hydrogens (tertiary/aromatic N) is 2. The average Bonchev–Trinajstić information content (AvgIpc) is 1.87. The first-order chi connectivity index (χ1) is 4.20. The van der Waals surface area contributed by atoms with Crippen molar-refractivity contribution in [2.45, 2.75) is 13.8 Å². The van der Waals surface area contributed by atoms with E-state index in [4.69, 9.17) is 5.26 Å². The summed E-state index contributed by atoms with van der Waals surface area (Å²) in [6.45, 7) is 5.93. The van der Waals surface area contributed by atoms with Crippen molar-refractivity contribution in [3.05, 3.63) is 0 Å². The van der Waals surface area contributed by atoms with Gasteiger partial charge in [0, 0.05) is 6.54 Å². The summed E-state index contributed by atoms with van der Waals surface area (Å²) in [7, 11) is 2.02. The fourth-order valence-electron chi connectivity index (χ4n) is 0.637. The molecular weight excluding hydrogens is 112 g/mol. The molecule has 0 heterocycles. The van der Waals surface area contributed by atoms with Gasteiger partial charge in [0.05, 0.1) is 12.0 Å². The lowest BCUT2D eigenvalue weighted by Gasteiger charge is -2.13. The van der Waals surface area contributed by atoms with Crippen LogP contribution in [-0.4, -0.2) is 25.0 Å². The highest BCUT2D eigenvalue weighted by Gasteiger charge is 2.00. The van der Waals surface area contributed by atoms with E-state index in [1.165, 1.54) is 0 Å². The Morgan fingerprint density at radius 1 is 1.67 bits per heavy atom. The molecule has 2 nitrogen and oxygen atoms in total. The van der Waals surface area contributed by atoms with Crippen LogP contribution in [0.1, 0.15) is 13.8 Å². The Morgan fingerprint density at radius 2 is 2.22 bits per heavy atom. The largest absolute Gasteiger partial charge is 0.305 e. The van der Waals surface area contributed by atoms with E-state index >= 15 is 0 Å². The van der Waals surface area contributed by atoms with Gasteiger partial charge in [0.2, 0.25) is 0 Å². The molecule has 0 aromatic heterocycles. The van der Waals surface area contributed by atoms with Gasteiger partial charge in [-0.3, -0.25) is 0 Å². The highest BCUT2D eigenvalue weighted by molar-refractivity contribution is 4.80. The zero-order valence-corrected chi connectivity index (χ0v) is 6.39. The number of hydrogen-bond acceptors (Lipinski definition) is 2.